The zero-order chi connectivity index (χ0) is 11.6. The fourth-order valence-electron chi connectivity index (χ4n) is 1.61. The third-order valence-corrected chi connectivity index (χ3v) is 2.34. The predicted octanol–water partition coefficient (Wildman–Crippen LogP) is 1.68. The van der Waals surface area contributed by atoms with Gasteiger partial charge in [-0.25, -0.2) is 0 Å². The molecule has 0 unspecified atom stereocenters. The minimum Gasteiger partial charge on any atom is -0.376 e. The standard InChI is InChI=1S/C12H20N3/c1-13(2)10-8-7-9-11(14(3)4)12(10)15(5)6/h8-9H,1-6H3. The lowest BCUT2D eigenvalue weighted by atomic mass is 10.2. The van der Waals surface area contributed by atoms with Crippen LogP contribution in [0.3, 0.4) is 0 Å². The van der Waals surface area contributed by atoms with Crippen molar-refractivity contribution in [3.8, 4) is 0 Å². The first-order chi connectivity index (χ1) is 6.95. The molecule has 83 valence electrons. The second kappa shape index (κ2) is 4.43. The number of anilines is 3. The first kappa shape index (κ1) is 11.7. The summed E-state index contributed by atoms with van der Waals surface area (Å²) in [5.41, 5.74) is 3.60. The summed E-state index contributed by atoms with van der Waals surface area (Å²) in [4.78, 5) is 6.36. The SMILES string of the molecule is CN(C)c1c[c]cc(N(C)C)c1N(C)C. The maximum absolute atomic E-state index is 3.18. The van der Waals surface area contributed by atoms with Gasteiger partial charge in [-0.3, -0.25) is 0 Å². The number of hydrogen-bond donors (Lipinski definition) is 0. The highest BCUT2D eigenvalue weighted by atomic mass is 15.2. The lowest BCUT2D eigenvalue weighted by molar-refractivity contribution is 1.05. The average molecular weight is 206 g/mol. The maximum Gasteiger partial charge on any atom is 0.0836 e. The van der Waals surface area contributed by atoms with Crippen LogP contribution in [0, 0.1) is 6.07 Å². The van der Waals surface area contributed by atoms with E-state index < -0.39 is 0 Å². The minimum absolute atomic E-state index is 1.19. The van der Waals surface area contributed by atoms with E-state index in [-0.39, 0.29) is 0 Å². The molecule has 3 nitrogen and oxygen atoms in total. The predicted molar refractivity (Wildman–Crippen MR) is 68.3 cm³/mol. The van der Waals surface area contributed by atoms with Gasteiger partial charge in [-0.05, 0) is 18.2 Å². The number of benzene rings is 1. The third kappa shape index (κ3) is 2.35. The van der Waals surface area contributed by atoms with Gasteiger partial charge < -0.3 is 14.7 Å². The minimum atomic E-state index is 1.19. The molecule has 1 radical (unpaired) electrons. The highest BCUT2D eigenvalue weighted by molar-refractivity contribution is 5.83. The van der Waals surface area contributed by atoms with Gasteiger partial charge in [-0.2, -0.15) is 0 Å². The number of rotatable bonds is 3. The molecule has 0 aliphatic rings. The molecule has 1 rings (SSSR count). The molecule has 0 bridgehead atoms. The van der Waals surface area contributed by atoms with Crippen LogP contribution in [0.4, 0.5) is 17.1 Å². The van der Waals surface area contributed by atoms with E-state index in [2.05, 4.69) is 63.1 Å². The summed E-state index contributed by atoms with van der Waals surface area (Å²) >= 11 is 0. The largest absolute Gasteiger partial charge is 0.376 e. The highest BCUT2D eigenvalue weighted by Gasteiger charge is 2.12. The normalized spacial score (nSPS) is 10.0. The third-order valence-electron chi connectivity index (χ3n) is 2.34. The fraction of sp³-hybridized carbons (Fsp3) is 0.500. The summed E-state index contributed by atoms with van der Waals surface area (Å²) < 4.78 is 0. The Morgan fingerprint density at radius 1 is 0.733 bits per heavy atom. The molecule has 3 heteroatoms. The van der Waals surface area contributed by atoms with Crippen molar-refractivity contribution >= 4 is 17.1 Å². The van der Waals surface area contributed by atoms with E-state index in [4.69, 9.17) is 0 Å². The van der Waals surface area contributed by atoms with Gasteiger partial charge in [-0.15, -0.1) is 0 Å². The molecule has 0 spiro atoms. The average Bonchev–Trinajstić information content (AvgIpc) is 2.16. The van der Waals surface area contributed by atoms with Crippen molar-refractivity contribution in [2.75, 3.05) is 57.0 Å². The van der Waals surface area contributed by atoms with Crippen molar-refractivity contribution in [2.45, 2.75) is 0 Å². The Kier molecular flexibility index (Phi) is 3.45. The Hall–Kier alpha value is -1.38. The van der Waals surface area contributed by atoms with Crippen molar-refractivity contribution in [1.82, 2.24) is 0 Å². The quantitative estimate of drug-likeness (QED) is 0.745. The zero-order valence-electron chi connectivity index (χ0n) is 10.5. The van der Waals surface area contributed by atoms with E-state index >= 15 is 0 Å². The highest BCUT2D eigenvalue weighted by Crippen LogP contribution is 2.35. The molecule has 0 aromatic heterocycles. The molecule has 0 aliphatic heterocycles. The number of hydrogen-bond acceptors (Lipinski definition) is 3. The Morgan fingerprint density at radius 3 is 1.40 bits per heavy atom. The van der Waals surface area contributed by atoms with Crippen LogP contribution in [0.25, 0.3) is 0 Å². The molecular formula is C12H20N3. The van der Waals surface area contributed by atoms with E-state index in [1.807, 2.05) is 12.1 Å². The van der Waals surface area contributed by atoms with Crippen LogP contribution < -0.4 is 14.7 Å². The van der Waals surface area contributed by atoms with Crippen molar-refractivity contribution in [3.63, 3.8) is 0 Å². The van der Waals surface area contributed by atoms with Crippen LogP contribution in [-0.2, 0) is 0 Å². The molecule has 0 saturated heterocycles. The summed E-state index contributed by atoms with van der Waals surface area (Å²) in [6, 6.07) is 7.21. The van der Waals surface area contributed by atoms with Gasteiger partial charge in [0.15, 0.2) is 0 Å². The number of nitrogens with zero attached hydrogens (tertiary/aromatic N) is 3. The van der Waals surface area contributed by atoms with E-state index in [0.717, 1.165) is 0 Å². The summed E-state index contributed by atoms with van der Waals surface area (Å²) in [5.74, 6) is 0. The van der Waals surface area contributed by atoms with E-state index in [0.29, 0.717) is 0 Å². The Labute approximate surface area is 92.9 Å². The van der Waals surface area contributed by atoms with Crippen LogP contribution >= 0.6 is 0 Å². The first-order valence-electron chi connectivity index (χ1n) is 5.01. The Bertz CT molecular complexity index is 303. The van der Waals surface area contributed by atoms with Gasteiger partial charge >= 0.3 is 0 Å². The van der Waals surface area contributed by atoms with Crippen molar-refractivity contribution < 1.29 is 0 Å². The second-order valence-electron chi connectivity index (χ2n) is 4.26. The van der Waals surface area contributed by atoms with E-state index in [9.17, 15) is 0 Å². The summed E-state index contributed by atoms with van der Waals surface area (Å²) in [5, 5.41) is 0. The lowest BCUT2D eigenvalue weighted by Crippen LogP contribution is -2.21. The van der Waals surface area contributed by atoms with Gasteiger partial charge in [0.05, 0.1) is 17.1 Å². The van der Waals surface area contributed by atoms with Crippen molar-refractivity contribution in [2.24, 2.45) is 0 Å². The molecule has 1 aromatic rings. The smallest absolute Gasteiger partial charge is 0.0836 e. The Balaban J connectivity index is 3.35. The van der Waals surface area contributed by atoms with Gasteiger partial charge in [0.2, 0.25) is 0 Å². The lowest BCUT2D eigenvalue weighted by Gasteiger charge is -2.28. The van der Waals surface area contributed by atoms with Crippen LogP contribution in [0.5, 0.6) is 0 Å². The summed E-state index contributed by atoms with van der Waals surface area (Å²) in [7, 11) is 12.3. The first-order valence-corrected chi connectivity index (χ1v) is 5.01. The molecule has 0 saturated carbocycles. The van der Waals surface area contributed by atoms with Crippen LogP contribution in [0.2, 0.25) is 0 Å². The van der Waals surface area contributed by atoms with Gasteiger partial charge in [0.1, 0.15) is 0 Å². The zero-order valence-corrected chi connectivity index (χ0v) is 10.5. The maximum atomic E-state index is 3.18. The van der Waals surface area contributed by atoms with E-state index in [1.54, 1.807) is 0 Å². The topological polar surface area (TPSA) is 9.72 Å². The monoisotopic (exact) mass is 206 g/mol. The Morgan fingerprint density at radius 2 is 1.13 bits per heavy atom. The molecule has 0 amide bonds. The second-order valence-corrected chi connectivity index (χ2v) is 4.26. The molecule has 0 fully saturated rings. The van der Waals surface area contributed by atoms with Crippen LogP contribution in [-0.4, -0.2) is 42.3 Å². The molecule has 15 heavy (non-hydrogen) atoms. The van der Waals surface area contributed by atoms with E-state index in [1.165, 1.54) is 17.1 Å². The van der Waals surface area contributed by atoms with Crippen LogP contribution in [0.15, 0.2) is 12.1 Å². The summed E-state index contributed by atoms with van der Waals surface area (Å²) in [6.45, 7) is 0. The molecule has 0 heterocycles. The fourth-order valence-corrected chi connectivity index (χ4v) is 1.61. The summed E-state index contributed by atoms with van der Waals surface area (Å²) in [6.07, 6.45) is 0. The molecule has 0 aliphatic carbocycles. The van der Waals surface area contributed by atoms with Crippen LogP contribution in [0.1, 0.15) is 0 Å². The molecule has 1 aromatic carbocycles. The van der Waals surface area contributed by atoms with Crippen molar-refractivity contribution in [1.29, 1.82) is 0 Å². The molecule has 0 atom stereocenters. The van der Waals surface area contributed by atoms with Gasteiger partial charge in [0.25, 0.3) is 0 Å². The van der Waals surface area contributed by atoms with Crippen molar-refractivity contribution in [3.05, 3.63) is 18.2 Å². The molecule has 0 N–H and O–H groups in total. The molecular weight excluding hydrogens is 186 g/mol. The van der Waals surface area contributed by atoms with Gasteiger partial charge in [0, 0.05) is 42.3 Å². The van der Waals surface area contributed by atoms with Gasteiger partial charge in [-0.1, -0.05) is 0 Å².